The fraction of sp³-hybridized carbons (Fsp3) is 0.308. The third-order valence-electron chi connectivity index (χ3n) is 6.73. The SMILES string of the molecule is CCOC1=C2CN(SI)[C@H](c3ccccc3)C[C@@H]2N(SI)[C@H](c2cccc3ccccc23)C1. The lowest BCUT2D eigenvalue weighted by molar-refractivity contribution is 0.129. The molecule has 172 valence electrons. The summed E-state index contributed by atoms with van der Waals surface area (Å²) in [5, 5.41) is 2.65. The van der Waals surface area contributed by atoms with Gasteiger partial charge in [0.25, 0.3) is 0 Å². The summed E-state index contributed by atoms with van der Waals surface area (Å²) < 4.78 is 11.5. The molecule has 33 heavy (non-hydrogen) atoms. The van der Waals surface area contributed by atoms with E-state index in [1.54, 1.807) is 0 Å². The van der Waals surface area contributed by atoms with Crippen LogP contribution < -0.4 is 0 Å². The number of fused-ring (bicyclic) bond motifs is 2. The lowest BCUT2D eigenvalue weighted by atomic mass is 9.83. The van der Waals surface area contributed by atoms with Gasteiger partial charge < -0.3 is 4.74 Å². The fourth-order valence-corrected chi connectivity index (χ4v) is 9.23. The highest BCUT2D eigenvalue weighted by Crippen LogP contribution is 2.52. The van der Waals surface area contributed by atoms with E-state index in [-0.39, 0.29) is 6.04 Å². The quantitative estimate of drug-likeness (QED) is 0.189. The minimum absolute atomic E-state index is 0.281. The first-order valence-electron chi connectivity index (χ1n) is 11.2. The zero-order chi connectivity index (χ0) is 22.8. The van der Waals surface area contributed by atoms with Gasteiger partial charge in [-0.1, -0.05) is 72.8 Å². The second-order valence-corrected chi connectivity index (χ2v) is 12.0. The van der Waals surface area contributed by atoms with Crippen molar-refractivity contribution in [1.29, 1.82) is 0 Å². The largest absolute Gasteiger partial charge is 0.498 e. The molecule has 3 aromatic carbocycles. The number of ether oxygens (including phenoxy) is 1. The summed E-state index contributed by atoms with van der Waals surface area (Å²) >= 11 is 4.92. The Morgan fingerprint density at radius 3 is 2.39 bits per heavy atom. The fourth-order valence-electron chi connectivity index (χ4n) is 5.26. The van der Waals surface area contributed by atoms with Crippen molar-refractivity contribution >= 4 is 71.4 Å². The van der Waals surface area contributed by atoms with Crippen molar-refractivity contribution < 1.29 is 4.74 Å². The van der Waals surface area contributed by atoms with Crippen LogP contribution in [-0.4, -0.2) is 27.8 Å². The molecule has 0 aromatic heterocycles. The third-order valence-corrected chi connectivity index (χ3v) is 10.8. The van der Waals surface area contributed by atoms with Gasteiger partial charge in [-0.15, -0.1) is 0 Å². The van der Waals surface area contributed by atoms with Crippen molar-refractivity contribution in [3.8, 4) is 0 Å². The molecule has 0 bridgehead atoms. The first-order valence-corrected chi connectivity index (χ1v) is 17.9. The van der Waals surface area contributed by atoms with Crippen LogP contribution in [0.15, 0.2) is 84.1 Å². The van der Waals surface area contributed by atoms with E-state index in [9.17, 15) is 0 Å². The molecule has 0 unspecified atom stereocenters. The summed E-state index contributed by atoms with van der Waals surface area (Å²) in [6, 6.07) is 27.5. The molecule has 3 nitrogen and oxygen atoms in total. The molecule has 0 radical (unpaired) electrons. The Morgan fingerprint density at radius 2 is 1.64 bits per heavy atom. The van der Waals surface area contributed by atoms with Gasteiger partial charge in [-0.2, -0.15) is 0 Å². The predicted molar refractivity (Wildman–Crippen MR) is 159 cm³/mol. The van der Waals surface area contributed by atoms with E-state index in [0.29, 0.717) is 18.7 Å². The maximum atomic E-state index is 6.35. The third kappa shape index (κ3) is 4.82. The highest BCUT2D eigenvalue weighted by atomic mass is 127. The Kier molecular flexibility index (Phi) is 8.14. The van der Waals surface area contributed by atoms with Gasteiger partial charge in [-0.25, -0.2) is 8.61 Å². The van der Waals surface area contributed by atoms with Crippen LogP contribution in [0.25, 0.3) is 10.8 Å². The normalized spacial score (nSPS) is 24.2. The lowest BCUT2D eigenvalue weighted by Crippen LogP contribution is -2.47. The van der Waals surface area contributed by atoms with Crippen molar-refractivity contribution in [3.63, 3.8) is 0 Å². The van der Waals surface area contributed by atoms with Gasteiger partial charge >= 0.3 is 0 Å². The zero-order valence-electron chi connectivity index (χ0n) is 18.4. The number of nitrogens with zero attached hydrogens (tertiary/aromatic N) is 2. The summed E-state index contributed by atoms with van der Waals surface area (Å²) in [5.41, 5.74) is 4.24. The van der Waals surface area contributed by atoms with Crippen LogP contribution in [0.1, 0.15) is 43.0 Å². The Morgan fingerprint density at radius 1 is 0.879 bits per heavy atom. The van der Waals surface area contributed by atoms with Gasteiger partial charge in [0.2, 0.25) is 0 Å². The van der Waals surface area contributed by atoms with Gasteiger partial charge in [0.05, 0.1) is 18.4 Å². The molecule has 5 rings (SSSR count). The van der Waals surface area contributed by atoms with Crippen molar-refractivity contribution in [2.24, 2.45) is 0 Å². The van der Waals surface area contributed by atoms with Crippen LogP contribution >= 0.6 is 60.6 Å². The number of benzene rings is 3. The number of halogens is 2. The van der Waals surface area contributed by atoms with Crippen LogP contribution in [-0.2, 0) is 4.74 Å². The molecular weight excluding hydrogens is 674 g/mol. The number of hydrogen-bond acceptors (Lipinski definition) is 5. The van der Waals surface area contributed by atoms with Gasteiger partial charge in [0.15, 0.2) is 0 Å². The minimum atomic E-state index is 0.281. The predicted octanol–water partition coefficient (Wildman–Crippen LogP) is 8.69. The summed E-state index contributed by atoms with van der Waals surface area (Å²) in [6.45, 7) is 3.75. The number of piperidine rings is 1. The van der Waals surface area contributed by atoms with Gasteiger partial charge in [-0.05, 0) is 53.5 Å². The highest BCUT2D eigenvalue weighted by molar-refractivity contribution is 14.2. The van der Waals surface area contributed by atoms with E-state index in [2.05, 4.69) is 131 Å². The molecule has 1 fully saturated rings. The van der Waals surface area contributed by atoms with E-state index in [1.165, 1.54) is 33.2 Å². The molecule has 2 aliphatic heterocycles. The maximum Gasteiger partial charge on any atom is 0.1000 e. The van der Waals surface area contributed by atoms with Crippen LogP contribution in [0.5, 0.6) is 0 Å². The van der Waals surface area contributed by atoms with E-state index in [0.717, 1.165) is 19.4 Å². The molecule has 0 spiro atoms. The first kappa shape index (κ1) is 24.2. The van der Waals surface area contributed by atoms with Crippen LogP contribution in [0.2, 0.25) is 0 Å². The smallest absolute Gasteiger partial charge is 0.1000 e. The summed E-state index contributed by atoms with van der Waals surface area (Å²) in [4.78, 5) is 0. The van der Waals surface area contributed by atoms with E-state index < -0.39 is 0 Å². The van der Waals surface area contributed by atoms with Crippen molar-refractivity contribution in [2.75, 3.05) is 13.2 Å². The second-order valence-electron chi connectivity index (χ2n) is 8.42. The Labute approximate surface area is 229 Å². The highest BCUT2D eigenvalue weighted by Gasteiger charge is 2.44. The molecule has 2 heterocycles. The Hall–Kier alpha value is -0.460. The first-order chi connectivity index (χ1) is 16.2. The van der Waals surface area contributed by atoms with Crippen LogP contribution in [0, 0.1) is 0 Å². The molecular formula is C26H26I2N2OS2. The average Bonchev–Trinajstić information content (AvgIpc) is 2.88. The second kappa shape index (κ2) is 11.1. The van der Waals surface area contributed by atoms with Crippen LogP contribution in [0.4, 0.5) is 0 Å². The van der Waals surface area contributed by atoms with Gasteiger partial charge in [0.1, 0.15) is 0 Å². The average molecular weight is 700 g/mol. The molecule has 1 saturated heterocycles. The molecule has 0 aliphatic carbocycles. The summed E-state index contributed by atoms with van der Waals surface area (Å²) in [7, 11) is 3.67. The molecule has 0 amide bonds. The van der Waals surface area contributed by atoms with Crippen molar-refractivity contribution in [3.05, 3.63) is 95.3 Å². The molecule has 0 saturated carbocycles. The summed E-state index contributed by atoms with van der Waals surface area (Å²) in [6.07, 6.45) is 1.97. The van der Waals surface area contributed by atoms with E-state index >= 15 is 0 Å². The van der Waals surface area contributed by atoms with Crippen LogP contribution in [0.3, 0.4) is 0 Å². The van der Waals surface area contributed by atoms with Crippen molar-refractivity contribution in [1.82, 2.24) is 8.61 Å². The lowest BCUT2D eigenvalue weighted by Gasteiger charge is -2.48. The number of rotatable bonds is 6. The monoisotopic (exact) mass is 700 g/mol. The van der Waals surface area contributed by atoms with E-state index in [4.69, 9.17) is 4.74 Å². The Balaban J connectivity index is 1.60. The molecule has 3 aromatic rings. The van der Waals surface area contributed by atoms with E-state index in [1.807, 2.05) is 18.2 Å². The maximum absolute atomic E-state index is 6.35. The van der Waals surface area contributed by atoms with Gasteiger partial charge in [0, 0.05) is 73.0 Å². The zero-order valence-corrected chi connectivity index (χ0v) is 24.3. The molecule has 0 N–H and O–H groups in total. The summed E-state index contributed by atoms with van der Waals surface area (Å²) in [5.74, 6) is 1.20. The molecule has 3 atom stereocenters. The molecule has 7 heteroatoms. The Bertz CT molecular complexity index is 1140. The number of hydrogen-bond donors (Lipinski definition) is 0. The standard InChI is InChI=1S/C26H26I2N2OS2/c1-2-31-26-16-25(21-14-8-12-18-9-6-7-13-20(18)21)30(33-28)24-15-23(19-10-4-3-5-11-19)29(32-27)17-22(24)26/h3-14,23-25H,2,15-17H2,1H3/t23-,24-,25-/m0/s1. The van der Waals surface area contributed by atoms with Crippen molar-refractivity contribution in [2.45, 2.75) is 37.9 Å². The molecule has 2 aliphatic rings. The topological polar surface area (TPSA) is 15.7 Å². The minimum Gasteiger partial charge on any atom is -0.498 e. The van der Waals surface area contributed by atoms with Gasteiger partial charge in [-0.3, -0.25) is 0 Å².